The number of non-ortho nitro benzene ring substituents is 1. The minimum Gasteiger partial charge on any atom is -0.406 e. The highest BCUT2D eigenvalue weighted by atomic mass is 19.4. The number of hydrogen-bond acceptors (Lipinski definition) is 4. The molecule has 0 saturated heterocycles. The van der Waals surface area contributed by atoms with Gasteiger partial charge in [0, 0.05) is 17.7 Å². The second-order valence-electron chi connectivity index (χ2n) is 4.62. The van der Waals surface area contributed by atoms with Crippen LogP contribution < -0.4 is 4.74 Å². The Kier molecular flexibility index (Phi) is 4.98. The van der Waals surface area contributed by atoms with Gasteiger partial charge in [-0.15, -0.1) is 13.2 Å². The van der Waals surface area contributed by atoms with Crippen molar-refractivity contribution in [3.05, 3.63) is 75.8 Å². The van der Waals surface area contributed by atoms with Crippen molar-refractivity contribution in [2.75, 3.05) is 0 Å². The van der Waals surface area contributed by atoms with Crippen molar-refractivity contribution < 1.29 is 27.6 Å². The van der Waals surface area contributed by atoms with Crippen molar-refractivity contribution in [1.82, 2.24) is 0 Å². The molecule has 0 radical (unpaired) electrons. The Morgan fingerprint density at radius 2 is 1.79 bits per heavy atom. The third-order valence-electron chi connectivity index (χ3n) is 2.88. The van der Waals surface area contributed by atoms with Gasteiger partial charge >= 0.3 is 6.36 Å². The number of allylic oxidation sites excluding steroid dienone is 1. The summed E-state index contributed by atoms with van der Waals surface area (Å²) in [6, 6.07) is 10.1. The molecule has 0 N–H and O–H groups in total. The standard InChI is InChI=1S/C16H10F3NO4/c17-16(18,19)24-14-7-5-12(6-8-14)15(21)9-4-11-2-1-3-13(10-11)20(22)23/h1-10H/b9-4+. The largest absolute Gasteiger partial charge is 0.573 e. The summed E-state index contributed by atoms with van der Waals surface area (Å²) in [6.45, 7) is 0. The van der Waals surface area contributed by atoms with Crippen molar-refractivity contribution in [2.24, 2.45) is 0 Å². The summed E-state index contributed by atoms with van der Waals surface area (Å²) in [5.41, 5.74) is 0.499. The third-order valence-corrected chi connectivity index (χ3v) is 2.88. The van der Waals surface area contributed by atoms with E-state index < -0.39 is 22.8 Å². The Balaban J connectivity index is 2.09. The van der Waals surface area contributed by atoms with E-state index in [1.54, 1.807) is 6.07 Å². The quantitative estimate of drug-likeness (QED) is 0.351. The SMILES string of the molecule is O=C(/C=C/c1cccc([N+](=O)[O-])c1)c1ccc(OC(F)(F)F)cc1. The van der Waals surface area contributed by atoms with E-state index in [-0.39, 0.29) is 11.3 Å². The van der Waals surface area contributed by atoms with Crippen LogP contribution in [0.4, 0.5) is 18.9 Å². The van der Waals surface area contributed by atoms with Gasteiger partial charge in [-0.05, 0) is 35.9 Å². The predicted molar refractivity (Wildman–Crippen MR) is 79.6 cm³/mol. The van der Waals surface area contributed by atoms with Gasteiger partial charge in [-0.1, -0.05) is 18.2 Å². The fraction of sp³-hybridized carbons (Fsp3) is 0.0625. The molecule has 2 aromatic carbocycles. The van der Waals surface area contributed by atoms with E-state index in [9.17, 15) is 28.1 Å². The number of nitrogens with zero attached hydrogens (tertiary/aromatic N) is 1. The molecular formula is C16H10F3NO4. The van der Waals surface area contributed by atoms with Crippen LogP contribution in [-0.4, -0.2) is 17.1 Å². The predicted octanol–water partition coefficient (Wildman–Crippen LogP) is 4.39. The van der Waals surface area contributed by atoms with Crippen LogP contribution in [-0.2, 0) is 0 Å². The summed E-state index contributed by atoms with van der Waals surface area (Å²) < 4.78 is 39.9. The Bertz CT molecular complexity index is 783. The number of ketones is 1. The average Bonchev–Trinajstić information content (AvgIpc) is 2.52. The summed E-state index contributed by atoms with van der Waals surface area (Å²) in [7, 11) is 0. The van der Waals surface area contributed by atoms with E-state index in [1.807, 2.05) is 0 Å². The molecule has 2 rings (SSSR count). The normalized spacial score (nSPS) is 11.5. The average molecular weight is 337 g/mol. The number of ether oxygens (including phenoxy) is 1. The first-order valence-electron chi connectivity index (χ1n) is 6.57. The number of rotatable bonds is 5. The highest BCUT2D eigenvalue weighted by Crippen LogP contribution is 2.23. The smallest absolute Gasteiger partial charge is 0.406 e. The number of halogens is 3. The molecule has 24 heavy (non-hydrogen) atoms. The number of carbonyl (C=O) groups is 1. The Morgan fingerprint density at radius 3 is 2.38 bits per heavy atom. The maximum Gasteiger partial charge on any atom is 0.573 e. The molecule has 0 aromatic heterocycles. The molecule has 0 heterocycles. The molecule has 0 spiro atoms. The van der Waals surface area contributed by atoms with Gasteiger partial charge in [-0.2, -0.15) is 0 Å². The van der Waals surface area contributed by atoms with E-state index in [0.717, 1.165) is 12.1 Å². The van der Waals surface area contributed by atoms with E-state index in [0.29, 0.717) is 5.56 Å². The second-order valence-corrected chi connectivity index (χ2v) is 4.62. The number of alkyl halides is 3. The first-order chi connectivity index (χ1) is 11.2. The molecule has 0 amide bonds. The molecule has 0 bridgehead atoms. The number of hydrogen-bond donors (Lipinski definition) is 0. The molecule has 5 nitrogen and oxygen atoms in total. The zero-order valence-corrected chi connectivity index (χ0v) is 12.0. The zero-order valence-electron chi connectivity index (χ0n) is 12.0. The Hall–Kier alpha value is -3.16. The topological polar surface area (TPSA) is 69.4 Å². The summed E-state index contributed by atoms with van der Waals surface area (Å²) in [5, 5.41) is 10.7. The van der Waals surface area contributed by atoms with Crippen molar-refractivity contribution >= 4 is 17.5 Å². The minimum absolute atomic E-state index is 0.113. The van der Waals surface area contributed by atoms with Gasteiger partial charge < -0.3 is 4.74 Å². The Morgan fingerprint density at radius 1 is 1.12 bits per heavy atom. The van der Waals surface area contributed by atoms with Crippen molar-refractivity contribution in [1.29, 1.82) is 0 Å². The molecule has 2 aromatic rings. The van der Waals surface area contributed by atoms with Crippen LogP contribution >= 0.6 is 0 Å². The van der Waals surface area contributed by atoms with Crippen LogP contribution in [0.25, 0.3) is 6.08 Å². The number of nitro benzene ring substituents is 1. The molecule has 0 fully saturated rings. The lowest BCUT2D eigenvalue weighted by Crippen LogP contribution is -2.17. The lowest BCUT2D eigenvalue weighted by molar-refractivity contribution is -0.384. The molecule has 0 atom stereocenters. The van der Waals surface area contributed by atoms with Crippen LogP contribution in [0.5, 0.6) is 5.75 Å². The minimum atomic E-state index is -4.80. The van der Waals surface area contributed by atoms with Gasteiger partial charge in [0.15, 0.2) is 5.78 Å². The van der Waals surface area contributed by atoms with Crippen molar-refractivity contribution in [3.63, 3.8) is 0 Å². The summed E-state index contributed by atoms with van der Waals surface area (Å²) in [5.74, 6) is -0.887. The maximum atomic E-state index is 12.1. The summed E-state index contributed by atoms with van der Waals surface area (Å²) in [6.07, 6.45) is -2.23. The van der Waals surface area contributed by atoms with E-state index in [1.165, 1.54) is 42.5 Å². The van der Waals surface area contributed by atoms with Crippen LogP contribution in [0.15, 0.2) is 54.6 Å². The highest BCUT2D eigenvalue weighted by molar-refractivity contribution is 6.06. The first-order valence-corrected chi connectivity index (χ1v) is 6.57. The van der Waals surface area contributed by atoms with Crippen LogP contribution in [0.2, 0.25) is 0 Å². The molecule has 8 heteroatoms. The van der Waals surface area contributed by atoms with Gasteiger partial charge in [-0.3, -0.25) is 14.9 Å². The number of carbonyl (C=O) groups excluding carboxylic acids is 1. The number of nitro groups is 1. The highest BCUT2D eigenvalue weighted by Gasteiger charge is 2.30. The van der Waals surface area contributed by atoms with Crippen LogP contribution in [0.1, 0.15) is 15.9 Å². The first kappa shape index (κ1) is 17.2. The van der Waals surface area contributed by atoms with E-state index >= 15 is 0 Å². The van der Waals surface area contributed by atoms with Crippen LogP contribution in [0.3, 0.4) is 0 Å². The molecule has 0 saturated carbocycles. The fourth-order valence-corrected chi connectivity index (χ4v) is 1.83. The molecule has 0 aliphatic carbocycles. The van der Waals surface area contributed by atoms with Gasteiger partial charge in [0.1, 0.15) is 5.75 Å². The summed E-state index contributed by atoms with van der Waals surface area (Å²) >= 11 is 0. The van der Waals surface area contributed by atoms with E-state index in [4.69, 9.17) is 0 Å². The zero-order chi connectivity index (χ0) is 17.7. The lowest BCUT2D eigenvalue weighted by atomic mass is 10.1. The van der Waals surface area contributed by atoms with Crippen molar-refractivity contribution in [2.45, 2.75) is 6.36 Å². The van der Waals surface area contributed by atoms with E-state index in [2.05, 4.69) is 4.74 Å². The molecule has 0 aliphatic heterocycles. The maximum absolute atomic E-state index is 12.1. The molecule has 0 unspecified atom stereocenters. The van der Waals surface area contributed by atoms with Gasteiger partial charge in [0.2, 0.25) is 0 Å². The van der Waals surface area contributed by atoms with Gasteiger partial charge in [0.05, 0.1) is 4.92 Å². The third kappa shape index (κ3) is 4.94. The fourth-order valence-electron chi connectivity index (χ4n) is 1.83. The molecule has 124 valence electrons. The molecule has 0 aliphatic rings. The second kappa shape index (κ2) is 6.95. The summed E-state index contributed by atoms with van der Waals surface area (Å²) in [4.78, 5) is 22.1. The Labute approximate surface area is 134 Å². The van der Waals surface area contributed by atoms with Gasteiger partial charge in [-0.25, -0.2) is 0 Å². The number of benzene rings is 2. The molecular weight excluding hydrogens is 327 g/mol. The monoisotopic (exact) mass is 337 g/mol. The van der Waals surface area contributed by atoms with Crippen LogP contribution in [0, 0.1) is 10.1 Å². The lowest BCUT2D eigenvalue weighted by Gasteiger charge is -2.08. The van der Waals surface area contributed by atoms with Gasteiger partial charge in [0.25, 0.3) is 5.69 Å². The van der Waals surface area contributed by atoms with Crippen molar-refractivity contribution in [3.8, 4) is 5.75 Å².